The molecular formula is C25H33F2N5O7. The minimum Gasteiger partial charge on any atom is -0.443 e. The second-order valence-electron chi connectivity index (χ2n) is 11.4. The van der Waals surface area contributed by atoms with E-state index in [1.807, 2.05) is 0 Å². The van der Waals surface area contributed by atoms with E-state index in [1.165, 1.54) is 6.07 Å². The van der Waals surface area contributed by atoms with E-state index >= 15 is 0 Å². The molecule has 1 saturated heterocycles. The highest BCUT2D eigenvalue weighted by atomic mass is 19.2. The zero-order chi connectivity index (χ0) is 29.0. The van der Waals surface area contributed by atoms with Gasteiger partial charge in [0.15, 0.2) is 23.2 Å². The van der Waals surface area contributed by atoms with Crippen molar-refractivity contribution in [2.75, 3.05) is 0 Å². The average Bonchev–Trinajstić information content (AvgIpc) is 3.41. The summed E-state index contributed by atoms with van der Waals surface area (Å²) in [4.78, 5) is 25.4. The lowest BCUT2D eigenvalue weighted by Crippen LogP contribution is -2.47. The summed E-state index contributed by atoms with van der Waals surface area (Å²) in [5.74, 6) is -4.95. The minimum absolute atomic E-state index is 0.0926. The van der Waals surface area contributed by atoms with Gasteiger partial charge in [-0.25, -0.2) is 13.6 Å². The van der Waals surface area contributed by atoms with E-state index < -0.39 is 87.7 Å². The van der Waals surface area contributed by atoms with Gasteiger partial charge in [0.1, 0.15) is 17.8 Å². The van der Waals surface area contributed by atoms with Crippen molar-refractivity contribution >= 4 is 11.9 Å². The molecule has 1 aliphatic heterocycles. The molecule has 0 unspecified atom stereocenters. The second-order valence-corrected chi connectivity index (χ2v) is 11.4. The van der Waals surface area contributed by atoms with Crippen molar-refractivity contribution in [1.29, 1.82) is 5.41 Å². The molecule has 39 heavy (non-hydrogen) atoms. The zero-order valence-electron chi connectivity index (χ0n) is 22.2. The number of benzene rings is 1. The minimum atomic E-state index is -1.07. The monoisotopic (exact) mass is 553 g/mol. The van der Waals surface area contributed by atoms with Gasteiger partial charge < -0.3 is 30.4 Å². The molecule has 5 N–H and O–H groups in total. The van der Waals surface area contributed by atoms with Crippen LogP contribution in [0.15, 0.2) is 29.7 Å². The molecule has 0 bridgehead atoms. The quantitative estimate of drug-likeness (QED) is 0.179. The molecule has 0 spiro atoms. The number of rotatable bonds is 6. The van der Waals surface area contributed by atoms with E-state index in [-0.39, 0.29) is 12.8 Å². The summed E-state index contributed by atoms with van der Waals surface area (Å²) >= 11 is 0. The fourth-order valence-electron chi connectivity index (χ4n) is 5.07. The number of aliphatic hydroxyl groups excluding tert-OH is 1. The van der Waals surface area contributed by atoms with Crippen molar-refractivity contribution in [3.05, 3.63) is 57.0 Å². The molecule has 12 nitrogen and oxygen atoms in total. The Morgan fingerprint density at radius 1 is 1.26 bits per heavy atom. The van der Waals surface area contributed by atoms with Crippen LogP contribution in [0.4, 0.5) is 13.6 Å². The van der Waals surface area contributed by atoms with Gasteiger partial charge in [0.05, 0.1) is 17.1 Å². The Balaban J connectivity index is 1.64. The van der Waals surface area contributed by atoms with Gasteiger partial charge in [0.25, 0.3) is 0 Å². The number of amidine groups is 1. The molecule has 3 aliphatic rings. The summed E-state index contributed by atoms with van der Waals surface area (Å²) in [5, 5.41) is 33.7. The molecule has 1 aromatic carbocycles. The summed E-state index contributed by atoms with van der Waals surface area (Å²) in [7, 11) is 0. The normalized spacial score (nSPS) is 29.7. The highest BCUT2D eigenvalue weighted by Crippen LogP contribution is 2.46. The molecule has 1 heterocycles. The summed E-state index contributed by atoms with van der Waals surface area (Å²) in [6.45, 7) is 8.15. The molecular weight excluding hydrogens is 520 g/mol. The smallest absolute Gasteiger partial charge is 0.416 e. The van der Waals surface area contributed by atoms with Crippen LogP contribution in [-0.2, 0) is 14.2 Å². The van der Waals surface area contributed by atoms with Gasteiger partial charge in [-0.15, -0.1) is 0 Å². The number of aliphatic hydroxyl groups is 1. The molecule has 1 aromatic rings. The van der Waals surface area contributed by atoms with Crippen LogP contribution >= 0.6 is 0 Å². The third-order valence-electron chi connectivity index (χ3n) is 6.74. The molecule has 3 fully saturated rings. The summed E-state index contributed by atoms with van der Waals surface area (Å²) in [5.41, 5.74) is 4.71. The lowest BCUT2D eigenvalue weighted by atomic mass is 10.1. The van der Waals surface area contributed by atoms with Gasteiger partial charge in [0.2, 0.25) is 5.84 Å². The van der Waals surface area contributed by atoms with Crippen molar-refractivity contribution in [3.63, 3.8) is 0 Å². The van der Waals surface area contributed by atoms with Gasteiger partial charge in [-0.3, -0.25) is 20.4 Å². The van der Waals surface area contributed by atoms with Crippen LogP contribution in [0.5, 0.6) is 0 Å². The average molecular weight is 554 g/mol. The maximum absolute atomic E-state index is 13.9. The van der Waals surface area contributed by atoms with Gasteiger partial charge in [-0.05, 0) is 65.2 Å². The van der Waals surface area contributed by atoms with Crippen LogP contribution in [0.3, 0.4) is 0 Å². The van der Waals surface area contributed by atoms with Gasteiger partial charge in [0, 0.05) is 12.0 Å². The SMILES string of the molecule is CC(C)(C)OC(=O)N(/C(N)=C(/C(=N)N[C@@H]1C[C@H](O)[C@H]2OC(C)(C)O[C@H]21)[N+](=O)[O-])[C@@H]1C[C@H]1c1ccc(F)c(F)c1. The van der Waals surface area contributed by atoms with Crippen LogP contribution in [0.1, 0.15) is 58.9 Å². The number of halogens is 2. The van der Waals surface area contributed by atoms with E-state index in [2.05, 4.69) is 5.32 Å². The summed E-state index contributed by atoms with van der Waals surface area (Å²) in [6.07, 6.45) is -2.96. The topological polar surface area (TPSA) is 173 Å². The molecule has 1 amide bonds. The number of nitrogens with two attached hydrogens (primary N) is 1. The highest BCUT2D eigenvalue weighted by molar-refractivity contribution is 5.95. The Morgan fingerprint density at radius 3 is 2.49 bits per heavy atom. The van der Waals surface area contributed by atoms with E-state index in [4.69, 9.17) is 25.4 Å². The molecule has 0 radical (unpaired) electrons. The van der Waals surface area contributed by atoms with Crippen LogP contribution in [0, 0.1) is 27.2 Å². The number of nitrogens with zero attached hydrogens (tertiary/aromatic N) is 2. The van der Waals surface area contributed by atoms with Crippen molar-refractivity contribution in [2.45, 2.75) is 95.2 Å². The first kappa shape index (κ1) is 28.6. The number of carbonyl (C=O) groups excluding carboxylic acids is 1. The fraction of sp³-hybridized carbons (Fsp3) is 0.600. The first-order valence-electron chi connectivity index (χ1n) is 12.5. The molecule has 6 atom stereocenters. The van der Waals surface area contributed by atoms with Crippen LogP contribution in [0.25, 0.3) is 0 Å². The van der Waals surface area contributed by atoms with Crippen LogP contribution in [-0.4, -0.2) is 68.6 Å². The maximum atomic E-state index is 13.9. The fourth-order valence-corrected chi connectivity index (χ4v) is 5.07. The number of nitro groups is 1. The number of fused-ring (bicyclic) bond motifs is 1. The van der Waals surface area contributed by atoms with Gasteiger partial charge in [-0.1, -0.05) is 6.07 Å². The molecule has 214 valence electrons. The Morgan fingerprint density at radius 2 is 1.90 bits per heavy atom. The first-order chi connectivity index (χ1) is 18.0. The Hall–Kier alpha value is -3.36. The van der Waals surface area contributed by atoms with Crippen LogP contribution in [0.2, 0.25) is 0 Å². The molecule has 2 saturated carbocycles. The lowest BCUT2D eigenvalue weighted by Gasteiger charge is -2.28. The number of amides is 1. The first-order valence-corrected chi connectivity index (χ1v) is 12.5. The van der Waals surface area contributed by atoms with Gasteiger partial charge in [-0.2, -0.15) is 0 Å². The van der Waals surface area contributed by atoms with Gasteiger partial charge >= 0.3 is 11.8 Å². The molecule has 2 aliphatic carbocycles. The van der Waals surface area contributed by atoms with Crippen molar-refractivity contribution in [2.24, 2.45) is 5.73 Å². The number of ether oxygens (including phenoxy) is 3. The van der Waals surface area contributed by atoms with E-state index in [1.54, 1.807) is 34.6 Å². The van der Waals surface area contributed by atoms with E-state index in [0.29, 0.717) is 5.56 Å². The van der Waals surface area contributed by atoms with Crippen LogP contribution < -0.4 is 11.1 Å². The zero-order valence-corrected chi connectivity index (χ0v) is 22.2. The second kappa shape index (κ2) is 9.99. The predicted molar refractivity (Wildman–Crippen MR) is 133 cm³/mol. The third kappa shape index (κ3) is 5.97. The molecule has 0 aromatic heterocycles. The summed E-state index contributed by atoms with van der Waals surface area (Å²) < 4.78 is 44.3. The lowest BCUT2D eigenvalue weighted by molar-refractivity contribution is -0.417. The number of carbonyl (C=O) groups is 1. The Bertz CT molecular complexity index is 1220. The van der Waals surface area contributed by atoms with Crippen molar-refractivity contribution < 1.29 is 37.8 Å². The maximum Gasteiger partial charge on any atom is 0.416 e. The molecule has 4 rings (SSSR count). The largest absolute Gasteiger partial charge is 0.443 e. The number of hydrogen-bond donors (Lipinski definition) is 4. The highest BCUT2D eigenvalue weighted by Gasteiger charge is 2.55. The number of hydrogen-bond acceptors (Lipinski definition) is 9. The molecule has 14 heteroatoms. The standard InChI is InChI=1S/C25H33F2N5O7/c1-24(2,3)39-23(34)31(16-9-12(16)11-6-7-13(26)14(27)8-11)22(29)18(32(35)36)21(28)30-15-10-17(33)20-19(15)37-25(4,5)38-20/h6-8,12,15-17,19-20,33H,9-10,29H2,1-5H3,(H2,28,30)/b22-18-/t12-,15+,16+,17-,19-,20+/m0/s1. The van der Waals surface area contributed by atoms with E-state index in [9.17, 15) is 28.8 Å². The Kier molecular flexibility index (Phi) is 7.34. The van der Waals surface area contributed by atoms with E-state index in [0.717, 1.165) is 17.0 Å². The Labute approximate surface area is 223 Å². The predicted octanol–water partition coefficient (Wildman–Crippen LogP) is 2.68. The van der Waals surface area contributed by atoms with Crippen molar-refractivity contribution in [3.8, 4) is 0 Å². The third-order valence-corrected chi connectivity index (χ3v) is 6.74. The van der Waals surface area contributed by atoms with Crippen molar-refractivity contribution in [1.82, 2.24) is 10.2 Å². The summed E-state index contributed by atoms with van der Waals surface area (Å²) in [6, 6.07) is 1.84. The number of nitrogens with one attached hydrogen (secondary N) is 2.